The molecule has 1 unspecified atom stereocenters. The first-order valence-corrected chi connectivity index (χ1v) is 12.5. The molecule has 1 amide bonds. The first kappa shape index (κ1) is 25.9. The van der Waals surface area contributed by atoms with Gasteiger partial charge in [0.2, 0.25) is 5.91 Å². The van der Waals surface area contributed by atoms with E-state index in [-0.39, 0.29) is 18.1 Å². The van der Waals surface area contributed by atoms with E-state index in [9.17, 15) is 9.00 Å². The Balaban J connectivity index is 1.63. The Labute approximate surface area is 217 Å². The maximum atomic E-state index is 13.3. The zero-order valence-electron chi connectivity index (χ0n) is 20.6. The van der Waals surface area contributed by atoms with E-state index >= 15 is 0 Å². The first-order chi connectivity index (χ1) is 18.0. The van der Waals surface area contributed by atoms with Gasteiger partial charge < -0.3 is 24.8 Å². The minimum atomic E-state index is -1.71. The standard InChI is InChI=1S/C26H27N5O5S/c1-34-12-11-24(32)27-17-7-6-8-21(15-17)37(33)31-26-25(29-22-9-4-5-10-23(22)30-26)28-18-13-19(35-2)16-20(14-18)36-3/h4-10,13-16H,11-12H2,1-3H3,(H,27,32)(H,28,29)(H,30,31). The minimum absolute atomic E-state index is 0.196. The van der Waals surface area contributed by atoms with Gasteiger partial charge in [0, 0.05) is 36.7 Å². The molecule has 0 saturated carbocycles. The van der Waals surface area contributed by atoms with Crippen LogP contribution in [0, 0.1) is 0 Å². The van der Waals surface area contributed by atoms with Crippen molar-refractivity contribution >= 4 is 50.9 Å². The Morgan fingerprint density at radius 1 is 0.838 bits per heavy atom. The van der Waals surface area contributed by atoms with Gasteiger partial charge in [-0.1, -0.05) is 18.2 Å². The van der Waals surface area contributed by atoms with Crippen molar-refractivity contribution in [2.45, 2.75) is 11.3 Å². The number of nitrogens with zero attached hydrogens (tertiary/aromatic N) is 2. The van der Waals surface area contributed by atoms with Crippen LogP contribution in [0.5, 0.6) is 11.5 Å². The topological polar surface area (TPSA) is 124 Å². The molecule has 11 heteroatoms. The van der Waals surface area contributed by atoms with Crippen LogP contribution in [0.2, 0.25) is 0 Å². The third kappa shape index (κ3) is 6.72. The van der Waals surface area contributed by atoms with Crippen molar-refractivity contribution in [3.63, 3.8) is 0 Å². The number of ether oxygens (including phenoxy) is 3. The minimum Gasteiger partial charge on any atom is -0.497 e. The highest BCUT2D eigenvalue weighted by Crippen LogP contribution is 2.31. The lowest BCUT2D eigenvalue weighted by Gasteiger charge is -2.15. The highest BCUT2D eigenvalue weighted by atomic mass is 32.2. The number of benzene rings is 3. The fraction of sp³-hybridized carbons (Fsp3) is 0.192. The number of methoxy groups -OCH3 is 3. The monoisotopic (exact) mass is 521 g/mol. The van der Waals surface area contributed by atoms with Crippen LogP contribution in [-0.2, 0) is 20.5 Å². The summed E-state index contributed by atoms with van der Waals surface area (Å²) in [6.07, 6.45) is 0.221. The van der Waals surface area contributed by atoms with E-state index in [4.69, 9.17) is 19.2 Å². The third-order valence-electron chi connectivity index (χ3n) is 5.24. The van der Waals surface area contributed by atoms with Crippen LogP contribution in [0.4, 0.5) is 23.0 Å². The molecule has 192 valence electrons. The number of nitrogens with one attached hydrogen (secondary N) is 3. The Kier molecular flexibility index (Phi) is 8.49. The average Bonchev–Trinajstić information content (AvgIpc) is 2.92. The Morgan fingerprint density at radius 2 is 1.51 bits per heavy atom. The quantitative estimate of drug-likeness (QED) is 0.264. The summed E-state index contributed by atoms with van der Waals surface area (Å²) < 4.78 is 31.9. The van der Waals surface area contributed by atoms with Crippen LogP contribution in [0.3, 0.4) is 0 Å². The van der Waals surface area contributed by atoms with Gasteiger partial charge in [-0.2, -0.15) is 0 Å². The highest BCUT2D eigenvalue weighted by Gasteiger charge is 2.15. The second kappa shape index (κ2) is 12.2. The molecule has 0 spiro atoms. The molecule has 0 bridgehead atoms. The lowest BCUT2D eigenvalue weighted by molar-refractivity contribution is -0.117. The summed E-state index contributed by atoms with van der Waals surface area (Å²) in [6.45, 7) is 0.314. The molecule has 4 aromatic rings. The van der Waals surface area contributed by atoms with E-state index in [0.717, 1.165) is 0 Å². The maximum Gasteiger partial charge on any atom is 0.226 e. The SMILES string of the molecule is COCCC(=O)Nc1cccc(S(=O)Nc2nc3ccccc3nc2Nc2cc(OC)cc(OC)c2)c1. The van der Waals surface area contributed by atoms with Gasteiger partial charge in [-0.05, 0) is 30.3 Å². The molecular formula is C26H27N5O5S. The number of para-hydroxylation sites is 2. The summed E-state index contributed by atoms with van der Waals surface area (Å²) in [6, 6.07) is 19.5. The van der Waals surface area contributed by atoms with Gasteiger partial charge in [0.05, 0.1) is 43.2 Å². The summed E-state index contributed by atoms with van der Waals surface area (Å²) in [5, 5.41) is 6.01. The number of rotatable bonds is 11. The third-order valence-corrected chi connectivity index (χ3v) is 6.30. The van der Waals surface area contributed by atoms with Gasteiger partial charge >= 0.3 is 0 Å². The van der Waals surface area contributed by atoms with E-state index in [1.165, 1.54) is 7.11 Å². The fourth-order valence-electron chi connectivity index (χ4n) is 3.43. The van der Waals surface area contributed by atoms with Gasteiger partial charge in [-0.25, -0.2) is 14.2 Å². The van der Waals surface area contributed by atoms with Crippen molar-refractivity contribution in [3.05, 3.63) is 66.7 Å². The van der Waals surface area contributed by atoms with E-state index in [0.29, 0.717) is 51.2 Å². The van der Waals surface area contributed by atoms with Crippen LogP contribution < -0.4 is 24.8 Å². The van der Waals surface area contributed by atoms with Crippen molar-refractivity contribution < 1.29 is 23.2 Å². The Hall–Kier alpha value is -4.22. The average molecular weight is 522 g/mol. The molecule has 0 aliphatic heterocycles. The molecule has 3 N–H and O–H groups in total. The van der Waals surface area contributed by atoms with Crippen LogP contribution in [0.1, 0.15) is 6.42 Å². The predicted octanol–water partition coefficient (Wildman–Crippen LogP) is 4.50. The van der Waals surface area contributed by atoms with Crippen LogP contribution in [0.15, 0.2) is 71.6 Å². The highest BCUT2D eigenvalue weighted by molar-refractivity contribution is 7.86. The van der Waals surface area contributed by atoms with Crippen LogP contribution in [-0.4, -0.2) is 48.0 Å². The van der Waals surface area contributed by atoms with E-state index in [1.54, 1.807) is 56.7 Å². The number of aromatic nitrogens is 2. The second-order valence-corrected chi connectivity index (χ2v) is 9.04. The van der Waals surface area contributed by atoms with Gasteiger partial charge in [-0.3, -0.25) is 9.52 Å². The number of carbonyl (C=O) groups is 1. The van der Waals surface area contributed by atoms with Crippen molar-refractivity contribution in [2.75, 3.05) is 43.3 Å². The number of hydrogen-bond acceptors (Lipinski definition) is 8. The van der Waals surface area contributed by atoms with Gasteiger partial charge in [-0.15, -0.1) is 0 Å². The molecule has 37 heavy (non-hydrogen) atoms. The summed E-state index contributed by atoms with van der Waals surface area (Å²) in [4.78, 5) is 21.8. The van der Waals surface area contributed by atoms with Crippen LogP contribution >= 0.6 is 0 Å². The predicted molar refractivity (Wildman–Crippen MR) is 144 cm³/mol. The van der Waals surface area contributed by atoms with Crippen molar-refractivity contribution in [3.8, 4) is 11.5 Å². The van der Waals surface area contributed by atoms with Gasteiger partial charge in [0.15, 0.2) is 22.6 Å². The van der Waals surface area contributed by atoms with Crippen LogP contribution in [0.25, 0.3) is 11.0 Å². The lowest BCUT2D eigenvalue weighted by Crippen LogP contribution is -2.14. The summed E-state index contributed by atoms with van der Waals surface area (Å²) in [5.41, 5.74) is 2.47. The molecule has 10 nitrogen and oxygen atoms in total. The number of amides is 1. The van der Waals surface area contributed by atoms with Gasteiger partial charge in [0.1, 0.15) is 11.5 Å². The van der Waals surface area contributed by atoms with Gasteiger partial charge in [0.25, 0.3) is 0 Å². The van der Waals surface area contributed by atoms with Crippen molar-refractivity contribution in [1.29, 1.82) is 0 Å². The summed E-state index contributed by atoms with van der Waals surface area (Å²) >= 11 is 0. The molecule has 1 heterocycles. The lowest BCUT2D eigenvalue weighted by atomic mass is 10.2. The molecule has 1 atom stereocenters. The second-order valence-electron chi connectivity index (χ2n) is 7.83. The molecule has 0 fully saturated rings. The molecule has 0 aliphatic rings. The normalized spacial score (nSPS) is 11.5. The summed E-state index contributed by atoms with van der Waals surface area (Å²) in [5.74, 6) is 1.65. The first-order valence-electron chi connectivity index (χ1n) is 11.3. The number of fused-ring (bicyclic) bond motifs is 1. The largest absolute Gasteiger partial charge is 0.497 e. The zero-order valence-corrected chi connectivity index (χ0v) is 21.4. The molecule has 0 aliphatic carbocycles. The Bertz CT molecular complexity index is 1410. The number of anilines is 4. The molecule has 4 rings (SSSR count). The number of carbonyl (C=O) groups excluding carboxylic acids is 1. The maximum absolute atomic E-state index is 13.3. The fourth-order valence-corrected chi connectivity index (χ4v) is 4.30. The van der Waals surface area contributed by atoms with Crippen molar-refractivity contribution in [1.82, 2.24) is 9.97 Å². The molecular weight excluding hydrogens is 494 g/mol. The van der Waals surface area contributed by atoms with E-state index in [1.807, 2.05) is 24.3 Å². The molecule has 3 aromatic carbocycles. The molecule has 0 radical (unpaired) electrons. The molecule has 1 aromatic heterocycles. The van der Waals surface area contributed by atoms with E-state index < -0.39 is 11.0 Å². The van der Waals surface area contributed by atoms with Crippen molar-refractivity contribution in [2.24, 2.45) is 0 Å². The summed E-state index contributed by atoms with van der Waals surface area (Å²) in [7, 11) is 2.96. The Morgan fingerprint density at radius 3 is 2.16 bits per heavy atom. The smallest absolute Gasteiger partial charge is 0.226 e. The zero-order chi connectivity index (χ0) is 26.2. The number of hydrogen-bond donors (Lipinski definition) is 3. The molecule has 0 saturated heterocycles. The van der Waals surface area contributed by atoms with E-state index in [2.05, 4.69) is 20.3 Å².